The second kappa shape index (κ2) is 6.54. The minimum absolute atomic E-state index is 0.0748. The van der Waals surface area contributed by atoms with Crippen LogP contribution in [0.2, 0.25) is 0 Å². The van der Waals surface area contributed by atoms with Crippen LogP contribution in [-0.4, -0.2) is 15.3 Å². The molecule has 0 N–H and O–H groups in total. The number of hydrogen-bond acceptors (Lipinski definition) is 4. The number of furan rings is 1. The lowest BCUT2D eigenvalue weighted by Gasteiger charge is -2.11. The van der Waals surface area contributed by atoms with E-state index in [0.717, 1.165) is 10.2 Å². The van der Waals surface area contributed by atoms with Crippen LogP contribution in [0, 0.1) is 0 Å². The van der Waals surface area contributed by atoms with E-state index in [2.05, 4.69) is 27.5 Å². The van der Waals surface area contributed by atoms with Crippen LogP contribution in [0.4, 0.5) is 0 Å². The Balaban J connectivity index is 2.18. The van der Waals surface area contributed by atoms with Crippen LogP contribution in [-0.2, 0) is 6.54 Å². The highest BCUT2D eigenvalue weighted by Gasteiger charge is 2.13. The van der Waals surface area contributed by atoms with E-state index in [1.165, 1.54) is 11.8 Å². The fourth-order valence-electron chi connectivity index (χ4n) is 2.11. The molecule has 1 aromatic carbocycles. The average molecular weight is 377 g/mol. The van der Waals surface area contributed by atoms with Crippen molar-refractivity contribution in [3.05, 3.63) is 69.8 Å². The summed E-state index contributed by atoms with van der Waals surface area (Å²) in [7, 11) is 0. The zero-order valence-electron chi connectivity index (χ0n) is 11.7. The molecule has 0 aliphatic heterocycles. The van der Waals surface area contributed by atoms with Gasteiger partial charge in [-0.15, -0.1) is 6.58 Å². The molecule has 2 heterocycles. The van der Waals surface area contributed by atoms with Gasteiger partial charge in [0.1, 0.15) is 5.76 Å². The van der Waals surface area contributed by atoms with E-state index in [1.807, 2.05) is 24.3 Å². The number of halogens is 1. The molecule has 3 rings (SSSR count). The molecule has 0 amide bonds. The third-order valence-electron chi connectivity index (χ3n) is 3.11. The number of aromatic nitrogens is 2. The molecule has 0 unspecified atom stereocenters. The van der Waals surface area contributed by atoms with Gasteiger partial charge in [-0.3, -0.25) is 9.36 Å². The summed E-state index contributed by atoms with van der Waals surface area (Å²) in [5.74, 6) is 1.41. The van der Waals surface area contributed by atoms with Crippen LogP contribution >= 0.6 is 27.7 Å². The number of fused-ring (bicyclic) bond motifs is 1. The first-order valence-corrected chi connectivity index (χ1v) is 8.43. The van der Waals surface area contributed by atoms with Crippen molar-refractivity contribution in [1.82, 2.24) is 9.55 Å². The predicted octanol–water partition coefficient (Wildman–Crippen LogP) is 4.08. The molecule has 0 aliphatic carbocycles. The molecule has 112 valence electrons. The zero-order valence-corrected chi connectivity index (χ0v) is 14.1. The largest absolute Gasteiger partial charge is 0.467 e. The maximum atomic E-state index is 12.8. The predicted molar refractivity (Wildman–Crippen MR) is 92.4 cm³/mol. The van der Waals surface area contributed by atoms with Gasteiger partial charge in [0.25, 0.3) is 5.56 Å². The van der Waals surface area contributed by atoms with Crippen molar-refractivity contribution >= 4 is 38.6 Å². The Morgan fingerprint density at radius 1 is 1.41 bits per heavy atom. The monoisotopic (exact) mass is 376 g/mol. The SMILES string of the molecule is C=CCSc1nc2ccc(Br)cc2c(=O)n1Cc1ccco1. The molecule has 22 heavy (non-hydrogen) atoms. The summed E-state index contributed by atoms with van der Waals surface area (Å²) in [6, 6.07) is 9.18. The molecule has 0 saturated heterocycles. The molecule has 2 aromatic heterocycles. The van der Waals surface area contributed by atoms with Gasteiger partial charge in [-0.2, -0.15) is 0 Å². The van der Waals surface area contributed by atoms with Crippen molar-refractivity contribution in [2.45, 2.75) is 11.7 Å². The standard InChI is InChI=1S/C16H13BrN2O2S/c1-2-8-22-16-18-14-6-5-11(17)9-13(14)15(20)19(16)10-12-4-3-7-21-12/h2-7,9H,1,8,10H2. The Kier molecular flexibility index (Phi) is 4.49. The third kappa shape index (κ3) is 3.03. The van der Waals surface area contributed by atoms with Crippen molar-refractivity contribution in [2.24, 2.45) is 0 Å². The number of rotatable bonds is 5. The van der Waals surface area contributed by atoms with Gasteiger partial charge in [0, 0.05) is 10.2 Å². The molecular weight excluding hydrogens is 364 g/mol. The lowest BCUT2D eigenvalue weighted by Crippen LogP contribution is -2.23. The summed E-state index contributed by atoms with van der Waals surface area (Å²) in [5.41, 5.74) is 0.615. The maximum absolute atomic E-state index is 12.8. The number of benzene rings is 1. The highest BCUT2D eigenvalue weighted by atomic mass is 79.9. The van der Waals surface area contributed by atoms with Crippen molar-refractivity contribution < 1.29 is 4.42 Å². The first-order valence-electron chi connectivity index (χ1n) is 6.65. The van der Waals surface area contributed by atoms with Crippen LogP contribution in [0.15, 0.2) is 68.1 Å². The Hall–Kier alpha value is -1.79. The van der Waals surface area contributed by atoms with Gasteiger partial charge in [-0.25, -0.2) is 4.98 Å². The van der Waals surface area contributed by atoms with E-state index in [1.54, 1.807) is 23.0 Å². The Labute approximate surface area is 140 Å². The molecule has 0 atom stereocenters. The molecule has 0 bridgehead atoms. The van der Waals surface area contributed by atoms with E-state index >= 15 is 0 Å². The molecule has 0 radical (unpaired) electrons. The quantitative estimate of drug-likeness (QED) is 0.382. The lowest BCUT2D eigenvalue weighted by molar-refractivity contribution is 0.476. The summed E-state index contributed by atoms with van der Waals surface area (Å²) in [5, 5.41) is 1.25. The van der Waals surface area contributed by atoms with Crippen LogP contribution in [0.1, 0.15) is 5.76 Å². The summed E-state index contributed by atoms with van der Waals surface area (Å²) in [6.07, 6.45) is 3.39. The van der Waals surface area contributed by atoms with Gasteiger partial charge < -0.3 is 4.42 Å². The second-order valence-electron chi connectivity index (χ2n) is 4.63. The van der Waals surface area contributed by atoms with Gasteiger partial charge >= 0.3 is 0 Å². The zero-order chi connectivity index (χ0) is 15.5. The minimum Gasteiger partial charge on any atom is -0.467 e. The Morgan fingerprint density at radius 3 is 3.00 bits per heavy atom. The van der Waals surface area contributed by atoms with Gasteiger partial charge in [-0.1, -0.05) is 33.8 Å². The fourth-order valence-corrected chi connectivity index (χ4v) is 3.21. The summed E-state index contributed by atoms with van der Waals surface area (Å²) >= 11 is 4.88. The summed E-state index contributed by atoms with van der Waals surface area (Å²) in [4.78, 5) is 17.4. The molecule has 4 nitrogen and oxygen atoms in total. The van der Waals surface area contributed by atoms with E-state index in [-0.39, 0.29) is 5.56 Å². The summed E-state index contributed by atoms with van der Waals surface area (Å²) in [6.45, 7) is 4.08. The third-order valence-corrected chi connectivity index (χ3v) is 4.57. The molecule has 0 aliphatic rings. The van der Waals surface area contributed by atoms with Crippen LogP contribution in [0.3, 0.4) is 0 Å². The number of nitrogens with zero attached hydrogens (tertiary/aromatic N) is 2. The molecule has 0 fully saturated rings. The maximum Gasteiger partial charge on any atom is 0.262 e. The van der Waals surface area contributed by atoms with E-state index in [9.17, 15) is 4.79 Å². The second-order valence-corrected chi connectivity index (χ2v) is 6.53. The van der Waals surface area contributed by atoms with Crippen molar-refractivity contribution in [3.8, 4) is 0 Å². The van der Waals surface area contributed by atoms with Crippen LogP contribution in [0.5, 0.6) is 0 Å². The fraction of sp³-hybridized carbons (Fsp3) is 0.125. The molecular formula is C16H13BrN2O2S. The lowest BCUT2D eigenvalue weighted by atomic mass is 10.2. The van der Waals surface area contributed by atoms with Crippen molar-refractivity contribution in [2.75, 3.05) is 5.75 Å². The van der Waals surface area contributed by atoms with E-state index in [0.29, 0.717) is 28.4 Å². The van der Waals surface area contributed by atoms with Gasteiger partial charge in [0.15, 0.2) is 5.16 Å². The smallest absolute Gasteiger partial charge is 0.262 e. The van der Waals surface area contributed by atoms with Crippen molar-refractivity contribution in [3.63, 3.8) is 0 Å². The molecule has 0 spiro atoms. The number of hydrogen-bond donors (Lipinski definition) is 0. The van der Waals surface area contributed by atoms with Gasteiger partial charge in [0.05, 0.1) is 23.7 Å². The highest BCUT2D eigenvalue weighted by molar-refractivity contribution is 9.10. The summed E-state index contributed by atoms with van der Waals surface area (Å²) < 4.78 is 7.86. The highest BCUT2D eigenvalue weighted by Crippen LogP contribution is 2.21. The Bertz CT molecular complexity index is 872. The van der Waals surface area contributed by atoms with Crippen LogP contribution in [0.25, 0.3) is 10.9 Å². The van der Waals surface area contributed by atoms with Crippen molar-refractivity contribution in [1.29, 1.82) is 0 Å². The number of thioether (sulfide) groups is 1. The molecule has 6 heteroatoms. The topological polar surface area (TPSA) is 48.0 Å². The minimum atomic E-state index is -0.0748. The first-order chi connectivity index (χ1) is 10.7. The first kappa shape index (κ1) is 15.1. The normalized spacial score (nSPS) is 11.0. The average Bonchev–Trinajstić information content (AvgIpc) is 3.02. The van der Waals surface area contributed by atoms with Gasteiger partial charge in [-0.05, 0) is 30.3 Å². The Morgan fingerprint density at radius 2 is 2.27 bits per heavy atom. The molecule has 0 saturated carbocycles. The van der Waals surface area contributed by atoms with E-state index < -0.39 is 0 Å². The van der Waals surface area contributed by atoms with Gasteiger partial charge in [0.2, 0.25) is 0 Å². The van der Waals surface area contributed by atoms with E-state index in [4.69, 9.17) is 4.42 Å². The van der Waals surface area contributed by atoms with Crippen LogP contribution < -0.4 is 5.56 Å². The molecule has 3 aromatic rings.